The highest BCUT2D eigenvalue weighted by atomic mass is 32.1. The van der Waals surface area contributed by atoms with Gasteiger partial charge in [-0.15, -0.1) is 22.7 Å². The zero-order valence-electron chi connectivity index (χ0n) is 14.0. The Morgan fingerprint density at radius 3 is 3.00 bits per heavy atom. The average molecular weight is 402 g/mol. The van der Waals surface area contributed by atoms with Gasteiger partial charge in [0.25, 0.3) is 0 Å². The van der Waals surface area contributed by atoms with Crippen molar-refractivity contribution in [2.75, 3.05) is 5.32 Å². The highest BCUT2D eigenvalue weighted by Crippen LogP contribution is 2.27. The van der Waals surface area contributed by atoms with Crippen LogP contribution in [0.25, 0.3) is 20.9 Å². The van der Waals surface area contributed by atoms with Crippen molar-refractivity contribution >= 4 is 56.7 Å². The summed E-state index contributed by atoms with van der Waals surface area (Å²) in [6, 6.07) is 9.12. The number of benzene rings is 1. The summed E-state index contributed by atoms with van der Waals surface area (Å²) in [6.45, 7) is 3.78. The summed E-state index contributed by atoms with van der Waals surface area (Å²) in [5.74, 6) is 0.516. The van der Waals surface area contributed by atoms with E-state index in [4.69, 9.17) is 12.2 Å². The third kappa shape index (κ3) is 3.09. The van der Waals surface area contributed by atoms with Gasteiger partial charge in [-0.05, 0) is 55.7 Å². The lowest BCUT2D eigenvalue weighted by Gasteiger charge is -2.15. The van der Waals surface area contributed by atoms with E-state index in [1.165, 1.54) is 0 Å². The van der Waals surface area contributed by atoms with E-state index in [0.29, 0.717) is 10.6 Å². The standard InChI is InChI=1S/C17H15N5OS3/c1-9(22-15(20-21-17(22)24)13-4-3-7-25-13)16(23)19-11-5-6-12-14(8-11)26-10(2)18-12/h3-9H,1-2H3,(H,19,23)(H,21,24). The topological polar surface area (TPSA) is 75.6 Å². The summed E-state index contributed by atoms with van der Waals surface area (Å²) in [5.41, 5.74) is 1.68. The molecule has 0 fully saturated rings. The molecule has 0 aliphatic rings. The summed E-state index contributed by atoms with van der Waals surface area (Å²) in [4.78, 5) is 18.2. The molecule has 1 unspecified atom stereocenters. The fourth-order valence-electron chi connectivity index (χ4n) is 2.73. The Morgan fingerprint density at radius 1 is 1.38 bits per heavy atom. The van der Waals surface area contributed by atoms with E-state index >= 15 is 0 Å². The van der Waals surface area contributed by atoms with Crippen molar-refractivity contribution in [1.82, 2.24) is 19.7 Å². The fraction of sp³-hybridized carbons (Fsp3) is 0.176. The summed E-state index contributed by atoms with van der Waals surface area (Å²) in [7, 11) is 0. The van der Waals surface area contributed by atoms with E-state index in [1.54, 1.807) is 27.2 Å². The molecule has 0 spiro atoms. The van der Waals surface area contributed by atoms with Gasteiger partial charge in [0, 0.05) is 5.69 Å². The highest BCUT2D eigenvalue weighted by Gasteiger charge is 2.21. The zero-order valence-corrected chi connectivity index (χ0v) is 16.5. The molecule has 0 aliphatic heterocycles. The van der Waals surface area contributed by atoms with Crippen LogP contribution in [-0.2, 0) is 4.79 Å². The first-order valence-electron chi connectivity index (χ1n) is 7.92. The zero-order chi connectivity index (χ0) is 18.3. The normalized spacial score (nSPS) is 12.4. The molecular weight excluding hydrogens is 386 g/mol. The van der Waals surface area contributed by atoms with Crippen molar-refractivity contribution in [3.8, 4) is 10.7 Å². The van der Waals surface area contributed by atoms with Gasteiger partial charge in [-0.1, -0.05) is 6.07 Å². The maximum absolute atomic E-state index is 12.8. The number of thiazole rings is 1. The minimum atomic E-state index is -0.503. The molecular formula is C17H15N5OS3. The number of H-pyrrole nitrogens is 1. The van der Waals surface area contributed by atoms with Gasteiger partial charge in [-0.2, -0.15) is 5.10 Å². The molecule has 0 radical (unpaired) electrons. The number of hydrogen-bond acceptors (Lipinski definition) is 6. The molecule has 9 heteroatoms. The third-order valence-corrected chi connectivity index (χ3v) is 6.06. The second-order valence-corrected chi connectivity index (χ2v) is 8.35. The van der Waals surface area contributed by atoms with Crippen LogP contribution in [0.4, 0.5) is 5.69 Å². The predicted octanol–water partition coefficient (Wildman–Crippen LogP) is 4.79. The van der Waals surface area contributed by atoms with Gasteiger partial charge in [-0.3, -0.25) is 14.5 Å². The number of carbonyl (C=O) groups is 1. The van der Waals surface area contributed by atoms with Gasteiger partial charge in [0.1, 0.15) is 6.04 Å². The second-order valence-electron chi connectivity index (χ2n) is 5.78. The largest absolute Gasteiger partial charge is 0.324 e. The SMILES string of the molecule is Cc1nc2ccc(NC(=O)C(C)n3c(-c4cccs4)n[nH]c3=S)cc2s1. The van der Waals surface area contributed by atoms with Gasteiger partial charge in [0.15, 0.2) is 10.6 Å². The molecule has 2 N–H and O–H groups in total. The molecule has 1 atom stereocenters. The number of hydrogen-bond donors (Lipinski definition) is 2. The maximum Gasteiger partial charge on any atom is 0.247 e. The van der Waals surface area contributed by atoms with Gasteiger partial charge in [0.2, 0.25) is 5.91 Å². The van der Waals surface area contributed by atoms with Crippen molar-refractivity contribution in [3.05, 3.63) is 45.5 Å². The number of anilines is 1. The highest BCUT2D eigenvalue weighted by molar-refractivity contribution is 7.71. The molecule has 6 nitrogen and oxygen atoms in total. The first kappa shape index (κ1) is 17.1. The number of fused-ring (bicyclic) bond motifs is 1. The Bertz CT molecular complexity index is 1140. The molecule has 1 aromatic carbocycles. The van der Waals surface area contributed by atoms with Crippen LogP contribution in [0.2, 0.25) is 0 Å². The van der Waals surface area contributed by atoms with Crippen molar-refractivity contribution in [2.24, 2.45) is 0 Å². The Balaban J connectivity index is 1.62. The molecule has 4 aromatic rings. The van der Waals surface area contributed by atoms with Crippen molar-refractivity contribution < 1.29 is 4.79 Å². The molecule has 132 valence electrons. The number of rotatable bonds is 4. The Hall–Kier alpha value is -2.36. The van der Waals surface area contributed by atoms with Gasteiger partial charge in [0.05, 0.1) is 20.1 Å². The first-order valence-corrected chi connectivity index (χ1v) is 10.0. The minimum absolute atomic E-state index is 0.152. The lowest BCUT2D eigenvalue weighted by Crippen LogP contribution is -2.24. The van der Waals surface area contributed by atoms with Crippen LogP contribution in [-0.4, -0.2) is 25.7 Å². The van der Waals surface area contributed by atoms with Crippen LogP contribution in [0.15, 0.2) is 35.7 Å². The first-order chi connectivity index (χ1) is 12.5. The number of aromatic nitrogens is 4. The molecule has 0 bridgehead atoms. The predicted molar refractivity (Wildman–Crippen MR) is 108 cm³/mol. The van der Waals surface area contributed by atoms with E-state index in [-0.39, 0.29) is 5.91 Å². The van der Waals surface area contributed by atoms with Gasteiger partial charge < -0.3 is 5.32 Å². The summed E-state index contributed by atoms with van der Waals surface area (Å²) < 4.78 is 3.21. The lowest BCUT2D eigenvalue weighted by atomic mass is 10.2. The smallest absolute Gasteiger partial charge is 0.247 e. The number of thiophene rings is 1. The van der Waals surface area contributed by atoms with Gasteiger partial charge in [-0.25, -0.2) is 4.98 Å². The molecule has 1 amide bonds. The van der Waals surface area contributed by atoms with Crippen molar-refractivity contribution in [3.63, 3.8) is 0 Å². The van der Waals surface area contributed by atoms with Crippen molar-refractivity contribution in [2.45, 2.75) is 19.9 Å². The van der Waals surface area contributed by atoms with Crippen LogP contribution in [0.3, 0.4) is 0 Å². The van der Waals surface area contributed by atoms with E-state index < -0.39 is 6.04 Å². The minimum Gasteiger partial charge on any atom is -0.324 e. The molecule has 3 heterocycles. The van der Waals surface area contributed by atoms with Crippen LogP contribution in [0, 0.1) is 11.7 Å². The van der Waals surface area contributed by atoms with Crippen LogP contribution in [0.1, 0.15) is 18.0 Å². The third-order valence-electron chi connectivity index (χ3n) is 3.98. The number of amides is 1. The van der Waals surface area contributed by atoms with Crippen molar-refractivity contribution in [1.29, 1.82) is 0 Å². The van der Waals surface area contributed by atoms with Crippen LogP contribution >= 0.6 is 34.9 Å². The van der Waals surface area contributed by atoms with E-state index in [2.05, 4.69) is 20.5 Å². The van der Waals surface area contributed by atoms with Crippen LogP contribution < -0.4 is 5.32 Å². The molecule has 3 aromatic heterocycles. The molecule has 0 saturated carbocycles. The van der Waals surface area contributed by atoms with E-state index in [1.807, 2.05) is 49.6 Å². The van der Waals surface area contributed by atoms with Gasteiger partial charge >= 0.3 is 0 Å². The Morgan fingerprint density at radius 2 is 2.23 bits per heavy atom. The number of nitrogens with zero attached hydrogens (tertiary/aromatic N) is 3. The Labute approximate surface area is 162 Å². The quantitative estimate of drug-likeness (QED) is 0.482. The van der Waals surface area contributed by atoms with E-state index in [0.717, 1.165) is 25.8 Å². The average Bonchev–Trinajstić information content (AvgIpc) is 3.32. The van der Waals surface area contributed by atoms with Crippen LogP contribution in [0.5, 0.6) is 0 Å². The molecule has 26 heavy (non-hydrogen) atoms. The monoisotopic (exact) mass is 401 g/mol. The Kier molecular flexibility index (Phi) is 4.43. The molecule has 4 rings (SSSR count). The summed E-state index contributed by atoms with van der Waals surface area (Å²) in [6.07, 6.45) is 0. The molecule has 0 aliphatic carbocycles. The number of aryl methyl sites for hydroxylation is 1. The molecule has 0 saturated heterocycles. The second kappa shape index (κ2) is 6.75. The fourth-order valence-corrected chi connectivity index (χ4v) is 4.59. The van der Waals surface area contributed by atoms with E-state index in [9.17, 15) is 4.79 Å². The lowest BCUT2D eigenvalue weighted by molar-refractivity contribution is -0.118. The summed E-state index contributed by atoms with van der Waals surface area (Å²) in [5, 5.41) is 13.0. The number of nitrogens with one attached hydrogen (secondary N) is 2. The number of carbonyl (C=O) groups excluding carboxylic acids is 1. The maximum atomic E-state index is 12.8. The summed E-state index contributed by atoms with van der Waals surface area (Å²) >= 11 is 8.49. The number of aromatic amines is 1.